The lowest BCUT2D eigenvalue weighted by atomic mass is 10.2. The van der Waals surface area contributed by atoms with E-state index in [-0.39, 0.29) is 23.3 Å². The lowest BCUT2D eigenvalue weighted by Gasteiger charge is -2.10. The number of carbonyl (C=O) groups is 2. The van der Waals surface area contributed by atoms with Crippen LogP contribution in [0.1, 0.15) is 12.5 Å². The maximum Gasteiger partial charge on any atom is 0.344 e. The molecule has 1 heterocycles. The number of oxazole rings is 1. The van der Waals surface area contributed by atoms with Gasteiger partial charge in [0.2, 0.25) is 0 Å². The van der Waals surface area contributed by atoms with Crippen LogP contribution in [0, 0.1) is 0 Å². The Morgan fingerprint density at radius 1 is 1.18 bits per heavy atom. The van der Waals surface area contributed by atoms with E-state index in [1.165, 1.54) is 6.08 Å². The topological polar surface area (TPSA) is 102 Å². The van der Waals surface area contributed by atoms with Gasteiger partial charge in [0.1, 0.15) is 11.3 Å². The third-order valence-corrected chi connectivity index (χ3v) is 4.38. The number of ether oxygens (including phenoxy) is 2. The second-order valence-electron chi connectivity index (χ2n) is 5.48. The van der Waals surface area contributed by atoms with Gasteiger partial charge in [-0.05, 0) is 43.0 Å². The molecule has 144 valence electrons. The number of nitrogens with zero attached hydrogens (tertiary/aromatic N) is 1. The average Bonchev–Trinajstić information content (AvgIpc) is 3.09. The molecule has 28 heavy (non-hydrogen) atoms. The first kappa shape index (κ1) is 19.5. The van der Waals surface area contributed by atoms with Crippen molar-refractivity contribution in [3.05, 3.63) is 59.0 Å². The maximum atomic E-state index is 11.6. The summed E-state index contributed by atoms with van der Waals surface area (Å²) in [7, 11) is 0. The minimum Gasteiger partial charge on any atom is -0.544 e. The van der Waals surface area contributed by atoms with E-state index in [2.05, 4.69) is 4.98 Å². The van der Waals surface area contributed by atoms with Crippen molar-refractivity contribution < 1.29 is 28.6 Å². The molecule has 0 fully saturated rings. The van der Waals surface area contributed by atoms with Crippen LogP contribution in [0.3, 0.4) is 0 Å². The Labute approximate surface area is 165 Å². The van der Waals surface area contributed by atoms with Crippen molar-refractivity contribution in [3.63, 3.8) is 0 Å². The standard InChI is InChI=1S/C20H17NO6S/c1-2-25-18(22)12-26-15-9-5-3-7-13(15)11-17(19(23)24)28-20-21-14-8-4-6-10-16(14)27-20/h3-11H,2,12H2,1H3,(H,23,24)/p-1/b17-11-. The van der Waals surface area contributed by atoms with Crippen LogP contribution < -0.4 is 9.84 Å². The van der Waals surface area contributed by atoms with E-state index in [1.54, 1.807) is 49.4 Å². The normalized spacial score (nSPS) is 11.4. The third kappa shape index (κ3) is 4.92. The van der Waals surface area contributed by atoms with Crippen LogP contribution in [-0.2, 0) is 14.3 Å². The summed E-state index contributed by atoms with van der Waals surface area (Å²) in [6.45, 7) is 1.67. The highest BCUT2D eigenvalue weighted by Crippen LogP contribution is 2.31. The molecular formula is C20H16NO6S-. The van der Waals surface area contributed by atoms with Gasteiger partial charge in [0, 0.05) is 10.5 Å². The van der Waals surface area contributed by atoms with Gasteiger partial charge in [-0.25, -0.2) is 9.78 Å². The van der Waals surface area contributed by atoms with E-state index in [0.29, 0.717) is 22.4 Å². The molecule has 0 spiro atoms. The molecule has 0 saturated carbocycles. The van der Waals surface area contributed by atoms with Crippen LogP contribution in [-0.4, -0.2) is 30.1 Å². The summed E-state index contributed by atoms with van der Waals surface area (Å²) in [4.78, 5) is 27.2. The van der Waals surface area contributed by atoms with Gasteiger partial charge < -0.3 is 23.8 Å². The predicted octanol–water partition coefficient (Wildman–Crippen LogP) is 2.65. The molecule has 1 aromatic heterocycles. The van der Waals surface area contributed by atoms with Gasteiger partial charge in [-0.1, -0.05) is 30.3 Å². The minimum absolute atomic E-state index is 0.112. The molecule has 0 bridgehead atoms. The summed E-state index contributed by atoms with van der Waals surface area (Å²) in [5.74, 6) is -1.55. The van der Waals surface area contributed by atoms with Crippen molar-refractivity contribution in [2.24, 2.45) is 0 Å². The molecule has 2 aromatic carbocycles. The molecule has 0 aliphatic heterocycles. The SMILES string of the molecule is CCOC(=O)COc1ccccc1/C=C(\Sc1nc2ccccc2o1)C(=O)[O-]. The highest BCUT2D eigenvalue weighted by Gasteiger charge is 2.12. The molecule has 0 aliphatic rings. The number of hydrogen-bond acceptors (Lipinski definition) is 8. The number of aliphatic carboxylic acids is 1. The average molecular weight is 398 g/mol. The number of carboxylic acid groups (broad SMARTS) is 1. The molecule has 0 atom stereocenters. The first-order chi connectivity index (χ1) is 13.6. The predicted molar refractivity (Wildman–Crippen MR) is 101 cm³/mol. The van der Waals surface area contributed by atoms with Crippen molar-refractivity contribution in [1.29, 1.82) is 0 Å². The van der Waals surface area contributed by atoms with Crippen molar-refractivity contribution in [1.82, 2.24) is 4.98 Å². The van der Waals surface area contributed by atoms with Gasteiger partial charge in [-0.3, -0.25) is 0 Å². The zero-order valence-corrected chi connectivity index (χ0v) is 15.7. The lowest BCUT2D eigenvalue weighted by Crippen LogP contribution is -2.23. The second kappa shape index (κ2) is 9.09. The molecule has 0 radical (unpaired) electrons. The number of thioether (sulfide) groups is 1. The number of carbonyl (C=O) groups excluding carboxylic acids is 2. The van der Waals surface area contributed by atoms with E-state index in [9.17, 15) is 14.7 Å². The van der Waals surface area contributed by atoms with E-state index in [0.717, 1.165) is 11.8 Å². The number of carboxylic acids is 1. The van der Waals surface area contributed by atoms with Gasteiger partial charge in [0.05, 0.1) is 12.6 Å². The molecule has 0 aliphatic carbocycles. The Morgan fingerprint density at radius 2 is 1.93 bits per heavy atom. The zero-order chi connectivity index (χ0) is 19.9. The monoisotopic (exact) mass is 398 g/mol. The Balaban J connectivity index is 1.84. The first-order valence-corrected chi connectivity index (χ1v) is 9.22. The van der Waals surface area contributed by atoms with Gasteiger partial charge in [0.25, 0.3) is 5.22 Å². The summed E-state index contributed by atoms with van der Waals surface area (Å²) < 4.78 is 15.8. The fraction of sp³-hybridized carbons (Fsp3) is 0.150. The molecule has 0 amide bonds. The maximum absolute atomic E-state index is 11.6. The van der Waals surface area contributed by atoms with Crippen LogP contribution in [0.25, 0.3) is 17.2 Å². The number of hydrogen-bond donors (Lipinski definition) is 0. The number of fused-ring (bicyclic) bond motifs is 1. The summed E-state index contributed by atoms with van der Waals surface area (Å²) in [6.07, 6.45) is 1.38. The van der Waals surface area contributed by atoms with Crippen molar-refractivity contribution >= 4 is 40.9 Å². The molecule has 3 rings (SSSR count). The van der Waals surface area contributed by atoms with Crippen LogP contribution in [0.4, 0.5) is 0 Å². The van der Waals surface area contributed by atoms with E-state index < -0.39 is 11.9 Å². The van der Waals surface area contributed by atoms with Crippen LogP contribution in [0.5, 0.6) is 5.75 Å². The summed E-state index contributed by atoms with van der Waals surface area (Å²) in [5, 5.41) is 11.8. The molecule has 8 heteroatoms. The van der Waals surface area contributed by atoms with Crippen molar-refractivity contribution in [3.8, 4) is 5.75 Å². The molecular weight excluding hydrogens is 382 g/mol. The highest BCUT2D eigenvalue weighted by atomic mass is 32.2. The molecule has 7 nitrogen and oxygen atoms in total. The number of benzene rings is 2. The van der Waals surface area contributed by atoms with E-state index in [1.807, 2.05) is 6.07 Å². The smallest absolute Gasteiger partial charge is 0.344 e. The highest BCUT2D eigenvalue weighted by molar-refractivity contribution is 8.03. The Hall–Kier alpha value is -3.26. The Kier molecular flexibility index (Phi) is 6.33. The Morgan fingerprint density at radius 3 is 2.68 bits per heavy atom. The summed E-state index contributed by atoms with van der Waals surface area (Å²) in [6, 6.07) is 13.8. The lowest BCUT2D eigenvalue weighted by molar-refractivity contribution is -0.298. The number of aromatic nitrogens is 1. The molecule has 0 N–H and O–H groups in total. The Bertz CT molecular complexity index is 993. The quantitative estimate of drug-likeness (QED) is 0.324. The largest absolute Gasteiger partial charge is 0.544 e. The van der Waals surface area contributed by atoms with Crippen LogP contribution >= 0.6 is 11.8 Å². The van der Waals surface area contributed by atoms with Crippen LogP contribution in [0.2, 0.25) is 0 Å². The minimum atomic E-state index is -1.38. The fourth-order valence-corrected chi connectivity index (χ4v) is 3.06. The van der Waals surface area contributed by atoms with Gasteiger partial charge in [0.15, 0.2) is 12.2 Å². The number of esters is 1. The first-order valence-electron chi connectivity index (χ1n) is 8.40. The van der Waals surface area contributed by atoms with E-state index >= 15 is 0 Å². The van der Waals surface area contributed by atoms with E-state index in [4.69, 9.17) is 13.9 Å². The van der Waals surface area contributed by atoms with Gasteiger partial charge in [-0.2, -0.15) is 0 Å². The third-order valence-electron chi connectivity index (χ3n) is 3.53. The fourth-order valence-electron chi connectivity index (χ4n) is 2.33. The molecule has 0 saturated heterocycles. The summed E-state index contributed by atoms with van der Waals surface area (Å²) >= 11 is 0.833. The van der Waals surface area contributed by atoms with Crippen LogP contribution in [0.15, 0.2) is 63.1 Å². The number of rotatable bonds is 8. The molecule has 0 unspecified atom stereocenters. The number of para-hydroxylation sites is 3. The van der Waals surface area contributed by atoms with Gasteiger partial charge in [-0.15, -0.1) is 0 Å². The van der Waals surface area contributed by atoms with Gasteiger partial charge >= 0.3 is 5.97 Å². The second-order valence-corrected chi connectivity index (χ2v) is 6.47. The zero-order valence-electron chi connectivity index (χ0n) is 14.9. The molecule has 3 aromatic rings. The van der Waals surface area contributed by atoms with Crippen molar-refractivity contribution in [2.45, 2.75) is 12.1 Å². The summed E-state index contributed by atoms with van der Waals surface area (Å²) in [5.41, 5.74) is 1.65. The van der Waals surface area contributed by atoms with Crippen molar-refractivity contribution in [2.75, 3.05) is 13.2 Å².